The fourth-order valence-corrected chi connectivity index (χ4v) is 3.54. The normalized spacial score (nSPS) is 30.6. The van der Waals surface area contributed by atoms with Crippen molar-refractivity contribution in [3.63, 3.8) is 0 Å². The highest BCUT2D eigenvalue weighted by molar-refractivity contribution is 5.71. The molecule has 6 nitrogen and oxygen atoms in total. The van der Waals surface area contributed by atoms with Gasteiger partial charge in [0.1, 0.15) is 0 Å². The van der Waals surface area contributed by atoms with Gasteiger partial charge in [0.05, 0.1) is 11.8 Å². The van der Waals surface area contributed by atoms with E-state index in [9.17, 15) is 9.90 Å². The minimum atomic E-state index is -0.748. The molecule has 2 aliphatic rings. The first-order valence-corrected chi connectivity index (χ1v) is 7.83. The van der Waals surface area contributed by atoms with Crippen LogP contribution in [0.4, 0.5) is 0 Å². The molecule has 6 heteroatoms. The van der Waals surface area contributed by atoms with Gasteiger partial charge in [-0.2, -0.15) is 4.98 Å². The lowest BCUT2D eigenvalue weighted by Gasteiger charge is -2.18. The van der Waals surface area contributed by atoms with Crippen molar-refractivity contribution in [1.82, 2.24) is 10.1 Å². The maximum absolute atomic E-state index is 11.4. The Morgan fingerprint density at radius 2 is 2.10 bits per heavy atom. The van der Waals surface area contributed by atoms with Gasteiger partial charge in [0.25, 0.3) is 0 Å². The lowest BCUT2D eigenvalue weighted by Crippen LogP contribution is -2.18. The van der Waals surface area contributed by atoms with E-state index < -0.39 is 11.9 Å². The largest absolute Gasteiger partial charge is 0.481 e. The fraction of sp³-hybridized carbons (Fsp3) is 0.800. The molecule has 0 amide bonds. The van der Waals surface area contributed by atoms with Gasteiger partial charge in [-0.05, 0) is 31.6 Å². The van der Waals surface area contributed by atoms with Crippen LogP contribution in [0.25, 0.3) is 0 Å². The Balaban J connectivity index is 1.76. The number of rotatable bonds is 4. The first-order chi connectivity index (χ1) is 10.2. The van der Waals surface area contributed by atoms with Crippen molar-refractivity contribution >= 4 is 5.97 Å². The summed E-state index contributed by atoms with van der Waals surface area (Å²) in [5, 5.41) is 13.5. The molecule has 1 saturated carbocycles. The van der Waals surface area contributed by atoms with Crippen LogP contribution in [0.5, 0.6) is 0 Å². The summed E-state index contributed by atoms with van der Waals surface area (Å²) in [5.41, 5.74) is 0. The minimum Gasteiger partial charge on any atom is -0.481 e. The summed E-state index contributed by atoms with van der Waals surface area (Å²) in [5.74, 6) is 0.683. The quantitative estimate of drug-likeness (QED) is 0.918. The van der Waals surface area contributed by atoms with E-state index in [4.69, 9.17) is 9.26 Å². The van der Waals surface area contributed by atoms with E-state index >= 15 is 0 Å². The smallest absolute Gasteiger partial charge is 0.307 e. The van der Waals surface area contributed by atoms with Crippen molar-refractivity contribution in [3.8, 4) is 0 Å². The van der Waals surface area contributed by atoms with Crippen molar-refractivity contribution in [1.29, 1.82) is 0 Å². The van der Waals surface area contributed by atoms with Crippen LogP contribution in [0.15, 0.2) is 4.52 Å². The van der Waals surface area contributed by atoms with Gasteiger partial charge >= 0.3 is 5.97 Å². The zero-order valence-electron chi connectivity index (χ0n) is 12.3. The predicted molar refractivity (Wildman–Crippen MR) is 74.0 cm³/mol. The highest BCUT2D eigenvalue weighted by Gasteiger charge is 2.42. The average molecular weight is 294 g/mol. The number of carboxylic acids is 1. The van der Waals surface area contributed by atoms with E-state index in [1.165, 1.54) is 0 Å². The van der Waals surface area contributed by atoms with Crippen molar-refractivity contribution < 1.29 is 19.2 Å². The van der Waals surface area contributed by atoms with Gasteiger partial charge in [-0.1, -0.05) is 18.5 Å². The van der Waals surface area contributed by atoms with E-state index in [0.29, 0.717) is 18.2 Å². The second-order valence-corrected chi connectivity index (χ2v) is 6.17. The van der Waals surface area contributed by atoms with Crippen LogP contribution in [-0.4, -0.2) is 34.4 Å². The fourth-order valence-electron chi connectivity index (χ4n) is 3.54. The molecule has 1 aliphatic heterocycles. The summed E-state index contributed by atoms with van der Waals surface area (Å²) in [4.78, 5) is 16.0. The van der Waals surface area contributed by atoms with Gasteiger partial charge in [-0.25, -0.2) is 0 Å². The third-order valence-electron chi connectivity index (χ3n) is 4.92. The number of ether oxygens (including phenoxy) is 1. The van der Waals surface area contributed by atoms with Crippen LogP contribution < -0.4 is 0 Å². The molecule has 1 aromatic rings. The molecule has 3 atom stereocenters. The second kappa shape index (κ2) is 6.13. The van der Waals surface area contributed by atoms with Crippen molar-refractivity contribution in [2.75, 3.05) is 13.2 Å². The average Bonchev–Trinajstić information content (AvgIpc) is 3.14. The van der Waals surface area contributed by atoms with Gasteiger partial charge in [0, 0.05) is 19.1 Å². The van der Waals surface area contributed by atoms with Gasteiger partial charge < -0.3 is 14.4 Å². The molecular weight excluding hydrogens is 272 g/mol. The maximum Gasteiger partial charge on any atom is 0.307 e. The molecule has 2 fully saturated rings. The number of carbonyl (C=O) groups is 1. The molecule has 1 N–H and O–H groups in total. The summed E-state index contributed by atoms with van der Waals surface area (Å²) < 4.78 is 10.8. The number of aromatic nitrogens is 2. The zero-order chi connectivity index (χ0) is 14.8. The Bertz CT molecular complexity index is 496. The zero-order valence-corrected chi connectivity index (χ0v) is 12.3. The van der Waals surface area contributed by atoms with Crippen LogP contribution in [0.2, 0.25) is 0 Å². The SMILES string of the molecule is CCC1CC(C(=O)O)C(c2nc(C3CCOCC3)no2)C1. The molecule has 0 bridgehead atoms. The molecular formula is C15H22N2O4. The molecule has 0 aromatic carbocycles. The van der Waals surface area contributed by atoms with Crippen LogP contribution in [0.1, 0.15) is 62.6 Å². The molecule has 116 valence electrons. The van der Waals surface area contributed by atoms with Gasteiger partial charge in [-0.3, -0.25) is 4.79 Å². The molecule has 3 unspecified atom stereocenters. The van der Waals surface area contributed by atoms with Crippen molar-refractivity contribution in [2.45, 2.75) is 50.9 Å². The summed E-state index contributed by atoms with van der Waals surface area (Å²) in [6, 6.07) is 0. The molecule has 21 heavy (non-hydrogen) atoms. The molecule has 2 heterocycles. The Kier molecular flexibility index (Phi) is 4.24. The lowest BCUT2D eigenvalue weighted by atomic mass is 9.96. The van der Waals surface area contributed by atoms with Gasteiger partial charge in [0.15, 0.2) is 5.82 Å². The summed E-state index contributed by atoms with van der Waals surface area (Å²) >= 11 is 0. The number of hydrogen-bond acceptors (Lipinski definition) is 5. The molecule has 1 aliphatic carbocycles. The summed E-state index contributed by atoms with van der Waals surface area (Å²) in [6.07, 6.45) is 4.36. The predicted octanol–water partition coefficient (Wildman–Crippen LogP) is 2.57. The first kappa shape index (κ1) is 14.5. The Hall–Kier alpha value is -1.43. The van der Waals surface area contributed by atoms with Crippen LogP contribution in [0, 0.1) is 11.8 Å². The molecule has 1 saturated heterocycles. The number of hydrogen-bond donors (Lipinski definition) is 1. The maximum atomic E-state index is 11.4. The topological polar surface area (TPSA) is 85.5 Å². The lowest BCUT2D eigenvalue weighted by molar-refractivity contribution is -0.142. The summed E-state index contributed by atoms with van der Waals surface area (Å²) in [7, 11) is 0. The molecule has 0 spiro atoms. The van der Waals surface area contributed by atoms with Gasteiger partial charge in [0.2, 0.25) is 5.89 Å². The van der Waals surface area contributed by atoms with Crippen molar-refractivity contribution in [2.24, 2.45) is 11.8 Å². The standard InChI is InChI=1S/C15H22N2O4/c1-2-9-7-11(12(8-9)15(18)19)14-16-13(17-21-14)10-3-5-20-6-4-10/h9-12H,2-8H2,1H3,(H,18,19). The number of nitrogens with zero attached hydrogens (tertiary/aromatic N) is 2. The third kappa shape index (κ3) is 2.95. The molecule has 1 aromatic heterocycles. The highest BCUT2D eigenvalue weighted by atomic mass is 16.5. The third-order valence-corrected chi connectivity index (χ3v) is 4.92. The van der Waals surface area contributed by atoms with Crippen LogP contribution >= 0.6 is 0 Å². The first-order valence-electron chi connectivity index (χ1n) is 7.83. The van der Waals surface area contributed by atoms with Crippen molar-refractivity contribution in [3.05, 3.63) is 11.7 Å². The number of carboxylic acid groups (broad SMARTS) is 1. The molecule has 3 rings (SSSR count). The highest BCUT2D eigenvalue weighted by Crippen LogP contribution is 2.44. The monoisotopic (exact) mass is 294 g/mol. The Morgan fingerprint density at radius 1 is 1.33 bits per heavy atom. The van der Waals surface area contributed by atoms with Crippen LogP contribution in [0.3, 0.4) is 0 Å². The van der Waals surface area contributed by atoms with E-state index in [1.54, 1.807) is 0 Å². The Labute approximate surface area is 123 Å². The van der Waals surface area contributed by atoms with Crippen LogP contribution in [-0.2, 0) is 9.53 Å². The van der Waals surface area contributed by atoms with E-state index in [2.05, 4.69) is 17.1 Å². The van der Waals surface area contributed by atoms with E-state index in [0.717, 1.165) is 44.7 Å². The molecule has 0 radical (unpaired) electrons. The second-order valence-electron chi connectivity index (χ2n) is 6.17. The van der Waals surface area contributed by atoms with E-state index in [-0.39, 0.29) is 11.8 Å². The number of aliphatic carboxylic acids is 1. The minimum absolute atomic E-state index is 0.131. The van der Waals surface area contributed by atoms with Gasteiger partial charge in [-0.15, -0.1) is 0 Å². The Morgan fingerprint density at radius 3 is 2.76 bits per heavy atom. The summed E-state index contributed by atoms with van der Waals surface area (Å²) in [6.45, 7) is 3.56. The van der Waals surface area contributed by atoms with E-state index in [1.807, 2.05) is 0 Å².